The summed E-state index contributed by atoms with van der Waals surface area (Å²) in [7, 11) is 0. The maximum Gasteiger partial charge on any atom is 0.139 e. The van der Waals surface area contributed by atoms with Crippen molar-refractivity contribution in [3.63, 3.8) is 0 Å². The monoisotopic (exact) mass is 201 g/mol. The van der Waals surface area contributed by atoms with Crippen LogP contribution in [0, 0.1) is 5.92 Å². The Labute approximate surface area is 86.6 Å². The van der Waals surface area contributed by atoms with Crippen molar-refractivity contribution < 1.29 is 5.21 Å². The van der Waals surface area contributed by atoms with Crippen molar-refractivity contribution in [3.05, 3.63) is 0 Å². The van der Waals surface area contributed by atoms with Gasteiger partial charge in [-0.25, -0.2) is 0 Å². The molecule has 4 nitrogen and oxygen atoms in total. The van der Waals surface area contributed by atoms with Crippen LogP contribution in [-0.2, 0) is 0 Å². The fraction of sp³-hybridized carbons (Fsp3) is 0.900. The van der Waals surface area contributed by atoms with Crippen LogP contribution >= 0.6 is 0 Å². The van der Waals surface area contributed by atoms with Gasteiger partial charge in [-0.1, -0.05) is 19.0 Å². The maximum absolute atomic E-state index is 8.30. The van der Waals surface area contributed by atoms with Crippen LogP contribution in [-0.4, -0.2) is 23.6 Å². The molecule has 0 amide bonds. The highest BCUT2D eigenvalue weighted by Crippen LogP contribution is 2.03. The van der Waals surface area contributed by atoms with E-state index in [-0.39, 0.29) is 0 Å². The van der Waals surface area contributed by atoms with Crippen LogP contribution in [0.1, 0.15) is 40.0 Å². The van der Waals surface area contributed by atoms with E-state index in [1.54, 1.807) is 0 Å². The van der Waals surface area contributed by atoms with Crippen molar-refractivity contribution in [2.75, 3.05) is 6.54 Å². The molecule has 0 radical (unpaired) electrons. The van der Waals surface area contributed by atoms with E-state index in [2.05, 4.69) is 31.2 Å². The second kappa shape index (κ2) is 7.62. The summed E-state index contributed by atoms with van der Waals surface area (Å²) < 4.78 is 0. The molecule has 0 rings (SSSR count). The first-order chi connectivity index (χ1) is 6.56. The number of rotatable bonds is 7. The Hall–Kier alpha value is -0.770. The molecule has 84 valence electrons. The van der Waals surface area contributed by atoms with Crippen molar-refractivity contribution in [1.29, 1.82) is 0 Å². The number of nitrogens with one attached hydrogen (secondary N) is 1. The van der Waals surface area contributed by atoms with E-state index in [1.807, 2.05) is 0 Å². The van der Waals surface area contributed by atoms with Crippen LogP contribution in [0.4, 0.5) is 0 Å². The van der Waals surface area contributed by atoms with Crippen LogP contribution in [0.3, 0.4) is 0 Å². The molecule has 0 aromatic carbocycles. The van der Waals surface area contributed by atoms with Crippen molar-refractivity contribution in [2.45, 2.75) is 46.1 Å². The minimum atomic E-state index is 0.309. The Morgan fingerprint density at radius 1 is 1.43 bits per heavy atom. The Balaban J connectivity index is 3.36. The van der Waals surface area contributed by atoms with Gasteiger partial charge < -0.3 is 16.3 Å². The summed E-state index contributed by atoms with van der Waals surface area (Å²) in [6.45, 7) is 7.54. The molecule has 0 spiro atoms. The topological polar surface area (TPSA) is 70.6 Å². The van der Waals surface area contributed by atoms with Crippen LogP contribution in [0.25, 0.3) is 0 Å². The van der Waals surface area contributed by atoms with E-state index in [9.17, 15) is 0 Å². The molecule has 0 aliphatic rings. The van der Waals surface area contributed by atoms with E-state index in [1.165, 1.54) is 6.42 Å². The molecular weight excluding hydrogens is 178 g/mol. The number of hydrogen-bond acceptors (Lipinski definition) is 3. The molecule has 0 aliphatic carbocycles. The van der Waals surface area contributed by atoms with E-state index >= 15 is 0 Å². The van der Waals surface area contributed by atoms with Crippen LogP contribution in [0.2, 0.25) is 0 Å². The van der Waals surface area contributed by atoms with Crippen LogP contribution in [0.5, 0.6) is 0 Å². The Kier molecular flexibility index (Phi) is 7.20. The summed E-state index contributed by atoms with van der Waals surface area (Å²) >= 11 is 0. The maximum atomic E-state index is 8.30. The Morgan fingerprint density at radius 3 is 2.57 bits per heavy atom. The van der Waals surface area contributed by atoms with Gasteiger partial charge in [0.25, 0.3) is 0 Å². The Morgan fingerprint density at radius 2 is 2.07 bits per heavy atom. The first-order valence-corrected chi connectivity index (χ1v) is 5.26. The number of oxime groups is 1. The minimum Gasteiger partial charge on any atom is -0.409 e. The summed E-state index contributed by atoms with van der Waals surface area (Å²) in [5, 5.41) is 14.6. The van der Waals surface area contributed by atoms with Gasteiger partial charge in [0.2, 0.25) is 0 Å². The molecule has 0 heterocycles. The molecule has 4 N–H and O–H groups in total. The zero-order chi connectivity index (χ0) is 11.0. The van der Waals surface area contributed by atoms with Crippen molar-refractivity contribution in [2.24, 2.45) is 16.8 Å². The van der Waals surface area contributed by atoms with Gasteiger partial charge in [-0.15, -0.1) is 0 Å². The average molecular weight is 201 g/mol. The van der Waals surface area contributed by atoms with Crippen molar-refractivity contribution in [3.8, 4) is 0 Å². The lowest BCUT2D eigenvalue weighted by molar-refractivity contribution is 0.316. The predicted molar refractivity (Wildman–Crippen MR) is 59.6 cm³/mol. The molecule has 0 aromatic heterocycles. The SMILES string of the molecule is CC(C)CC(C)NCCCC(N)=NO. The normalized spacial score (nSPS) is 14.7. The van der Waals surface area contributed by atoms with Gasteiger partial charge in [-0.3, -0.25) is 0 Å². The smallest absolute Gasteiger partial charge is 0.139 e. The van der Waals surface area contributed by atoms with Crippen molar-refractivity contribution >= 4 is 5.84 Å². The fourth-order valence-electron chi connectivity index (χ4n) is 1.46. The summed E-state index contributed by atoms with van der Waals surface area (Å²) in [6, 6.07) is 0.544. The molecule has 1 unspecified atom stereocenters. The second-order valence-corrected chi connectivity index (χ2v) is 4.18. The average Bonchev–Trinajstić information content (AvgIpc) is 2.10. The molecule has 14 heavy (non-hydrogen) atoms. The van der Waals surface area contributed by atoms with E-state index < -0.39 is 0 Å². The summed E-state index contributed by atoms with van der Waals surface area (Å²) in [5.41, 5.74) is 5.34. The van der Waals surface area contributed by atoms with Crippen LogP contribution < -0.4 is 11.1 Å². The van der Waals surface area contributed by atoms with Gasteiger partial charge in [-0.2, -0.15) is 0 Å². The highest BCUT2D eigenvalue weighted by molar-refractivity contribution is 5.79. The van der Waals surface area contributed by atoms with Gasteiger partial charge in [0.1, 0.15) is 5.84 Å². The van der Waals surface area contributed by atoms with Gasteiger partial charge >= 0.3 is 0 Å². The van der Waals surface area contributed by atoms with Crippen LogP contribution in [0.15, 0.2) is 5.16 Å². The largest absolute Gasteiger partial charge is 0.409 e. The fourth-order valence-corrected chi connectivity index (χ4v) is 1.46. The summed E-state index contributed by atoms with van der Waals surface area (Å²) in [4.78, 5) is 0. The lowest BCUT2D eigenvalue weighted by Crippen LogP contribution is -2.29. The molecule has 0 aromatic rings. The highest BCUT2D eigenvalue weighted by Gasteiger charge is 2.03. The molecule has 4 heteroatoms. The molecule has 0 saturated carbocycles. The van der Waals surface area contributed by atoms with Gasteiger partial charge in [0.05, 0.1) is 0 Å². The quantitative estimate of drug-likeness (QED) is 0.192. The third-order valence-electron chi connectivity index (χ3n) is 2.06. The first kappa shape index (κ1) is 13.2. The van der Waals surface area contributed by atoms with E-state index in [0.717, 1.165) is 18.9 Å². The number of nitrogens with two attached hydrogens (primary N) is 1. The van der Waals surface area contributed by atoms with Gasteiger partial charge in [0, 0.05) is 12.5 Å². The van der Waals surface area contributed by atoms with Crippen molar-refractivity contribution in [1.82, 2.24) is 5.32 Å². The molecule has 1 atom stereocenters. The number of nitrogens with zero attached hydrogens (tertiary/aromatic N) is 1. The third kappa shape index (κ3) is 7.86. The number of amidine groups is 1. The zero-order valence-corrected chi connectivity index (χ0v) is 9.45. The van der Waals surface area contributed by atoms with E-state index in [0.29, 0.717) is 18.3 Å². The molecule has 0 aliphatic heterocycles. The zero-order valence-electron chi connectivity index (χ0n) is 9.45. The summed E-state index contributed by atoms with van der Waals surface area (Å²) in [5.74, 6) is 1.03. The van der Waals surface area contributed by atoms with Gasteiger partial charge in [0.15, 0.2) is 0 Å². The highest BCUT2D eigenvalue weighted by atomic mass is 16.4. The van der Waals surface area contributed by atoms with E-state index in [4.69, 9.17) is 10.9 Å². The molecule has 0 fully saturated rings. The lowest BCUT2D eigenvalue weighted by atomic mass is 10.1. The minimum absolute atomic E-state index is 0.309. The third-order valence-corrected chi connectivity index (χ3v) is 2.06. The lowest BCUT2D eigenvalue weighted by Gasteiger charge is -2.15. The predicted octanol–water partition coefficient (Wildman–Crippen LogP) is 1.54. The first-order valence-electron chi connectivity index (χ1n) is 5.26. The molecule has 0 saturated heterocycles. The summed E-state index contributed by atoms with van der Waals surface area (Å²) in [6.07, 6.45) is 2.75. The molecular formula is C10H23N3O. The second-order valence-electron chi connectivity index (χ2n) is 4.18. The number of hydrogen-bond donors (Lipinski definition) is 3. The van der Waals surface area contributed by atoms with Gasteiger partial charge in [-0.05, 0) is 32.2 Å². The molecule has 0 bridgehead atoms. The Bertz CT molecular complexity index is 169. The standard InChI is InChI=1S/C10H23N3O/c1-8(2)7-9(3)12-6-4-5-10(11)13-14/h8-9,12,14H,4-7H2,1-3H3,(H2,11,13).